The first-order chi connectivity index (χ1) is 14.7. The molecule has 3 rings (SSSR count). The Morgan fingerprint density at radius 1 is 1.19 bits per heavy atom. The van der Waals surface area contributed by atoms with E-state index in [0.717, 1.165) is 43.2 Å². The third-order valence-electron chi connectivity index (χ3n) is 4.85. The first-order valence-electron chi connectivity index (χ1n) is 10.6. The Morgan fingerprint density at radius 3 is 2.77 bits per heavy atom. The van der Waals surface area contributed by atoms with E-state index < -0.39 is 0 Å². The number of hydrogen-bond donors (Lipinski definition) is 3. The fourth-order valence-corrected chi connectivity index (χ4v) is 2.97. The molecule has 31 heavy (non-hydrogen) atoms. The van der Waals surface area contributed by atoms with E-state index in [4.69, 9.17) is 4.74 Å². The number of halogens is 1. The Balaban J connectivity index is 0.00000341. The Bertz CT molecular complexity index is 871. The molecule has 1 fully saturated rings. The van der Waals surface area contributed by atoms with Crippen molar-refractivity contribution in [1.82, 2.24) is 20.9 Å². The number of aliphatic imine (C=N–C) groups is 1. The molecule has 1 heterocycles. The number of carbonyl (C=O) groups is 1. The van der Waals surface area contributed by atoms with Gasteiger partial charge < -0.3 is 20.7 Å². The molecule has 0 aliphatic heterocycles. The molecule has 3 N–H and O–H groups in total. The average Bonchev–Trinajstić information content (AvgIpc) is 3.60. The van der Waals surface area contributed by atoms with Crippen LogP contribution in [-0.4, -0.2) is 43.6 Å². The first kappa shape index (κ1) is 24.9. The zero-order valence-corrected chi connectivity index (χ0v) is 20.5. The van der Waals surface area contributed by atoms with Crippen LogP contribution in [0.2, 0.25) is 0 Å². The van der Waals surface area contributed by atoms with Crippen molar-refractivity contribution in [1.29, 1.82) is 0 Å². The van der Waals surface area contributed by atoms with Gasteiger partial charge in [0, 0.05) is 38.0 Å². The number of rotatable bonds is 10. The summed E-state index contributed by atoms with van der Waals surface area (Å²) in [7, 11) is 1.64. The van der Waals surface area contributed by atoms with Gasteiger partial charge in [-0.25, -0.2) is 9.98 Å². The SMILES string of the molecule is CCNC(=NCc1ccnc(OCC2CC2)c1)NCCc1cccc(C(=O)NC)c1.I. The summed E-state index contributed by atoms with van der Waals surface area (Å²) < 4.78 is 5.75. The van der Waals surface area contributed by atoms with Gasteiger partial charge in [-0.15, -0.1) is 24.0 Å². The van der Waals surface area contributed by atoms with Crippen molar-refractivity contribution in [2.75, 3.05) is 26.7 Å². The number of nitrogens with one attached hydrogen (secondary N) is 3. The van der Waals surface area contributed by atoms with Crippen molar-refractivity contribution < 1.29 is 9.53 Å². The summed E-state index contributed by atoms with van der Waals surface area (Å²) in [6.07, 6.45) is 5.09. The lowest BCUT2D eigenvalue weighted by Crippen LogP contribution is -2.38. The van der Waals surface area contributed by atoms with Gasteiger partial charge >= 0.3 is 0 Å². The number of pyridine rings is 1. The van der Waals surface area contributed by atoms with Gasteiger partial charge in [0.05, 0.1) is 13.2 Å². The molecule has 0 unspecified atom stereocenters. The third kappa shape index (κ3) is 8.72. The van der Waals surface area contributed by atoms with Gasteiger partial charge in [-0.3, -0.25) is 4.79 Å². The average molecular weight is 537 g/mol. The predicted molar refractivity (Wildman–Crippen MR) is 134 cm³/mol. The van der Waals surface area contributed by atoms with Crippen molar-refractivity contribution in [2.45, 2.75) is 32.7 Å². The second-order valence-corrected chi connectivity index (χ2v) is 7.41. The molecule has 1 aromatic carbocycles. The van der Waals surface area contributed by atoms with Gasteiger partial charge in [-0.2, -0.15) is 0 Å². The van der Waals surface area contributed by atoms with Crippen LogP contribution in [0.1, 0.15) is 41.3 Å². The van der Waals surface area contributed by atoms with Crippen LogP contribution in [-0.2, 0) is 13.0 Å². The Labute approximate surface area is 201 Å². The Morgan fingerprint density at radius 2 is 2.03 bits per heavy atom. The van der Waals surface area contributed by atoms with Gasteiger partial charge in [-0.1, -0.05) is 12.1 Å². The van der Waals surface area contributed by atoms with E-state index in [2.05, 4.69) is 25.9 Å². The van der Waals surface area contributed by atoms with Crippen molar-refractivity contribution in [3.05, 3.63) is 59.3 Å². The van der Waals surface area contributed by atoms with Crippen molar-refractivity contribution in [2.24, 2.45) is 10.9 Å². The number of carbonyl (C=O) groups excluding carboxylic acids is 1. The fourth-order valence-electron chi connectivity index (χ4n) is 2.97. The highest BCUT2D eigenvalue weighted by molar-refractivity contribution is 14.0. The summed E-state index contributed by atoms with van der Waals surface area (Å²) in [5, 5.41) is 9.28. The first-order valence-corrected chi connectivity index (χ1v) is 10.6. The van der Waals surface area contributed by atoms with Crippen molar-refractivity contribution >= 4 is 35.8 Å². The molecule has 0 saturated heterocycles. The molecular weight excluding hydrogens is 505 g/mol. The smallest absolute Gasteiger partial charge is 0.251 e. The van der Waals surface area contributed by atoms with Gasteiger partial charge in [0.25, 0.3) is 5.91 Å². The lowest BCUT2D eigenvalue weighted by atomic mass is 10.1. The Kier molecular flexibility index (Phi) is 10.6. The number of benzene rings is 1. The zero-order valence-electron chi connectivity index (χ0n) is 18.2. The van der Waals surface area contributed by atoms with Gasteiger partial charge in [0.1, 0.15) is 0 Å². The van der Waals surface area contributed by atoms with Crippen LogP contribution in [0, 0.1) is 5.92 Å². The number of amides is 1. The minimum absolute atomic E-state index is 0. The quantitative estimate of drug-likeness (QED) is 0.246. The molecule has 1 saturated carbocycles. The van der Waals surface area contributed by atoms with Gasteiger partial charge in [0.2, 0.25) is 5.88 Å². The number of ether oxygens (including phenoxy) is 1. The number of guanidine groups is 1. The normalized spacial score (nSPS) is 13.2. The molecule has 0 atom stereocenters. The zero-order chi connectivity index (χ0) is 21.2. The number of hydrogen-bond acceptors (Lipinski definition) is 4. The van der Waals surface area contributed by atoms with E-state index in [1.807, 2.05) is 43.3 Å². The minimum Gasteiger partial charge on any atom is -0.477 e. The minimum atomic E-state index is -0.0717. The van der Waals surface area contributed by atoms with E-state index in [0.29, 0.717) is 23.9 Å². The van der Waals surface area contributed by atoms with Crippen LogP contribution < -0.4 is 20.7 Å². The second kappa shape index (κ2) is 13.1. The highest BCUT2D eigenvalue weighted by atomic mass is 127. The van der Waals surface area contributed by atoms with E-state index in [9.17, 15) is 4.79 Å². The lowest BCUT2D eigenvalue weighted by molar-refractivity contribution is 0.0963. The molecule has 7 nitrogen and oxygen atoms in total. The van der Waals surface area contributed by atoms with Crippen molar-refractivity contribution in [3.63, 3.8) is 0 Å². The molecule has 0 radical (unpaired) electrons. The van der Waals surface area contributed by atoms with E-state index in [1.165, 1.54) is 12.8 Å². The summed E-state index contributed by atoms with van der Waals surface area (Å²) in [5.74, 6) is 2.06. The lowest BCUT2D eigenvalue weighted by Gasteiger charge is -2.12. The van der Waals surface area contributed by atoms with E-state index >= 15 is 0 Å². The monoisotopic (exact) mass is 537 g/mol. The van der Waals surface area contributed by atoms with Crippen LogP contribution in [0.5, 0.6) is 5.88 Å². The molecule has 0 spiro atoms. The van der Waals surface area contributed by atoms with Crippen LogP contribution in [0.15, 0.2) is 47.6 Å². The molecule has 1 aliphatic carbocycles. The van der Waals surface area contributed by atoms with E-state index in [1.54, 1.807) is 13.2 Å². The summed E-state index contributed by atoms with van der Waals surface area (Å²) >= 11 is 0. The molecular formula is C23H32IN5O2. The van der Waals surface area contributed by atoms with Crippen LogP contribution in [0.3, 0.4) is 0 Å². The molecule has 1 aromatic heterocycles. The highest BCUT2D eigenvalue weighted by Crippen LogP contribution is 2.29. The van der Waals surface area contributed by atoms with E-state index in [-0.39, 0.29) is 29.9 Å². The van der Waals surface area contributed by atoms with Crippen LogP contribution in [0.4, 0.5) is 0 Å². The summed E-state index contributed by atoms with van der Waals surface area (Å²) in [5.41, 5.74) is 2.84. The van der Waals surface area contributed by atoms with Crippen LogP contribution >= 0.6 is 24.0 Å². The van der Waals surface area contributed by atoms with Gasteiger partial charge in [-0.05, 0) is 61.4 Å². The largest absolute Gasteiger partial charge is 0.477 e. The van der Waals surface area contributed by atoms with Crippen LogP contribution in [0.25, 0.3) is 0 Å². The maximum absolute atomic E-state index is 11.8. The maximum Gasteiger partial charge on any atom is 0.251 e. The molecule has 2 aromatic rings. The summed E-state index contributed by atoms with van der Waals surface area (Å²) in [4.78, 5) is 20.7. The summed E-state index contributed by atoms with van der Waals surface area (Å²) in [6.45, 7) is 4.84. The highest BCUT2D eigenvalue weighted by Gasteiger charge is 2.22. The summed E-state index contributed by atoms with van der Waals surface area (Å²) in [6, 6.07) is 11.6. The van der Waals surface area contributed by atoms with Crippen molar-refractivity contribution in [3.8, 4) is 5.88 Å². The molecule has 168 valence electrons. The number of aromatic nitrogens is 1. The second-order valence-electron chi connectivity index (χ2n) is 7.41. The predicted octanol–water partition coefficient (Wildman–Crippen LogP) is 3.15. The standard InChI is InChI=1S/C23H31N5O2.HI/c1-3-25-23(27-12-9-17-5-4-6-20(13-17)22(29)24-2)28-15-19-10-11-26-21(14-19)30-16-18-7-8-18;/h4-6,10-11,13-14,18H,3,7-9,12,15-16H2,1-2H3,(H,24,29)(H2,25,27,28);1H. The fraction of sp³-hybridized carbons (Fsp3) is 0.435. The molecule has 1 aliphatic rings. The molecule has 1 amide bonds. The molecule has 8 heteroatoms. The van der Waals surface area contributed by atoms with Gasteiger partial charge in [0.15, 0.2) is 5.96 Å². The maximum atomic E-state index is 11.8. The third-order valence-corrected chi connectivity index (χ3v) is 4.85. The number of nitrogens with zero attached hydrogens (tertiary/aromatic N) is 2. The molecule has 0 bridgehead atoms. The topological polar surface area (TPSA) is 87.6 Å². The Hall–Kier alpha value is -2.36.